The number of nitrogens with zero attached hydrogens (tertiary/aromatic N) is 4. The van der Waals surface area contributed by atoms with Gasteiger partial charge in [-0.3, -0.25) is 0 Å². The van der Waals surface area contributed by atoms with Gasteiger partial charge in [-0.2, -0.15) is 0 Å². The summed E-state index contributed by atoms with van der Waals surface area (Å²) in [5.41, 5.74) is 2.13. The first-order valence-corrected chi connectivity index (χ1v) is 5.55. The maximum absolute atomic E-state index is 6.12. The van der Waals surface area contributed by atoms with Crippen LogP contribution in [-0.4, -0.2) is 19.9 Å². The molecule has 0 bridgehead atoms. The third kappa shape index (κ3) is 1.55. The Morgan fingerprint density at radius 3 is 2.62 bits per heavy atom. The molecule has 0 unspecified atom stereocenters. The van der Waals surface area contributed by atoms with Crippen molar-refractivity contribution >= 4 is 11.6 Å². The molecule has 1 aliphatic carbocycles. The van der Waals surface area contributed by atoms with Gasteiger partial charge in [0.1, 0.15) is 5.15 Å². The van der Waals surface area contributed by atoms with E-state index in [2.05, 4.69) is 19.9 Å². The lowest BCUT2D eigenvalue weighted by Crippen LogP contribution is -1.99. The zero-order chi connectivity index (χ0) is 11.0. The number of rotatable bonds is 1. The van der Waals surface area contributed by atoms with Crippen LogP contribution < -0.4 is 0 Å². The summed E-state index contributed by atoms with van der Waals surface area (Å²) in [6, 6.07) is 1.76. The van der Waals surface area contributed by atoms with Crippen molar-refractivity contribution in [2.24, 2.45) is 0 Å². The zero-order valence-electron chi connectivity index (χ0n) is 8.52. The molecule has 0 aliphatic heterocycles. The van der Waals surface area contributed by atoms with Crippen LogP contribution in [0.4, 0.5) is 0 Å². The summed E-state index contributed by atoms with van der Waals surface area (Å²) in [6.45, 7) is 0. The molecule has 1 aliphatic rings. The van der Waals surface area contributed by atoms with Gasteiger partial charge in [0.05, 0.1) is 0 Å². The zero-order valence-corrected chi connectivity index (χ0v) is 9.28. The molecule has 0 spiro atoms. The number of fused-ring (bicyclic) bond motifs is 1. The molecule has 0 amide bonds. The molecule has 0 saturated heterocycles. The molecular weight excluding hydrogens is 224 g/mol. The van der Waals surface area contributed by atoms with Gasteiger partial charge in [-0.15, -0.1) is 0 Å². The molecule has 0 radical (unpaired) electrons. The molecule has 0 fully saturated rings. The molecule has 0 aromatic carbocycles. The van der Waals surface area contributed by atoms with Crippen molar-refractivity contribution in [2.75, 3.05) is 0 Å². The van der Waals surface area contributed by atoms with Gasteiger partial charge in [-0.25, -0.2) is 19.9 Å². The Kier molecular flexibility index (Phi) is 2.29. The van der Waals surface area contributed by atoms with E-state index in [1.807, 2.05) is 0 Å². The molecule has 0 N–H and O–H groups in total. The Balaban J connectivity index is 2.13. The molecule has 5 heteroatoms. The monoisotopic (exact) mass is 232 g/mol. The first-order chi connectivity index (χ1) is 7.84. The van der Waals surface area contributed by atoms with Gasteiger partial charge < -0.3 is 0 Å². The largest absolute Gasteiger partial charge is 0.234 e. The van der Waals surface area contributed by atoms with Gasteiger partial charge in [-0.1, -0.05) is 11.6 Å². The van der Waals surface area contributed by atoms with Crippen molar-refractivity contribution in [3.8, 4) is 11.6 Å². The van der Waals surface area contributed by atoms with E-state index >= 15 is 0 Å². The van der Waals surface area contributed by atoms with Gasteiger partial charge in [0.25, 0.3) is 0 Å². The Hall–Kier alpha value is -1.55. The molecule has 3 rings (SSSR count). The van der Waals surface area contributed by atoms with Crippen molar-refractivity contribution in [1.82, 2.24) is 19.9 Å². The predicted molar refractivity (Wildman–Crippen MR) is 60.1 cm³/mol. The molecule has 2 aromatic heterocycles. The first kappa shape index (κ1) is 9.66. The second-order valence-electron chi connectivity index (χ2n) is 3.69. The Morgan fingerprint density at radius 2 is 1.81 bits per heavy atom. The van der Waals surface area contributed by atoms with Crippen LogP contribution in [0.1, 0.15) is 17.7 Å². The standard InChI is InChI=1S/C11H9ClN4/c12-9-7-3-1-4-8(7)15-11(16-9)10-13-5-2-6-14-10/h2,5-6H,1,3-4H2. The quantitative estimate of drug-likeness (QED) is 0.707. The van der Waals surface area contributed by atoms with E-state index in [9.17, 15) is 0 Å². The van der Waals surface area contributed by atoms with Crippen LogP contribution in [0.2, 0.25) is 5.15 Å². The third-order valence-corrected chi connectivity index (χ3v) is 2.96. The second kappa shape index (κ2) is 3.79. The van der Waals surface area contributed by atoms with Crippen LogP contribution in [0.15, 0.2) is 18.5 Å². The highest BCUT2D eigenvalue weighted by Crippen LogP contribution is 2.27. The van der Waals surface area contributed by atoms with E-state index in [4.69, 9.17) is 11.6 Å². The highest BCUT2D eigenvalue weighted by atomic mass is 35.5. The Bertz CT molecular complexity index is 527. The molecule has 80 valence electrons. The van der Waals surface area contributed by atoms with Gasteiger partial charge in [-0.05, 0) is 25.3 Å². The van der Waals surface area contributed by atoms with E-state index in [-0.39, 0.29) is 0 Å². The van der Waals surface area contributed by atoms with E-state index in [0.717, 1.165) is 30.5 Å². The van der Waals surface area contributed by atoms with Gasteiger partial charge >= 0.3 is 0 Å². The lowest BCUT2D eigenvalue weighted by atomic mass is 10.2. The van der Waals surface area contributed by atoms with Gasteiger partial charge in [0.15, 0.2) is 11.6 Å². The fraction of sp³-hybridized carbons (Fsp3) is 0.273. The Labute approximate surface area is 97.8 Å². The van der Waals surface area contributed by atoms with Crippen molar-refractivity contribution in [3.63, 3.8) is 0 Å². The van der Waals surface area contributed by atoms with Crippen molar-refractivity contribution in [1.29, 1.82) is 0 Å². The average Bonchev–Trinajstić information content (AvgIpc) is 2.79. The van der Waals surface area contributed by atoms with Crippen LogP contribution in [0.3, 0.4) is 0 Å². The molecule has 0 atom stereocenters. The van der Waals surface area contributed by atoms with E-state index in [1.54, 1.807) is 18.5 Å². The van der Waals surface area contributed by atoms with Crippen LogP contribution in [0, 0.1) is 0 Å². The predicted octanol–water partition coefficient (Wildman–Crippen LogP) is 2.08. The molecular formula is C11H9ClN4. The maximum Gasteiger partial charge on any atom is 0.199 e. The molecule has 4 nitrogen and oxygen atoms in total. The average molecular weight is 233 g/mol. The fourth-order valence-electron chi connectivity index (χ4n) is 1.90. The van der Waals surface area contributed by atoms with Crippen molar-refractivity contribution in [3.05, 3.63) is 34.9 Å². The minimum atomic E-state index is 0.520. The highest BCUT2D eigenvalue weighted by Gasteiger charge is 2.19. The first-order valence-electron chi connectivity index (χ1n) is 5.17. The van der Waals surface area contributed by atoms with Crippen LogP contribution in [-0.2, 0) is 12.8 Å². The number of aromatic nitrogens is 4. The summed E-state index contributed by atoms with van der Waals surface area (Å²) in [7, 11) is 0. The summed E-state index contributed by atoms with van der Waals surface area (Å²) in [4.78, 5) is 16.9. The van der Waals surface area contributed by atoms with Gasteiger partial charge in [0, 0.05) is 23.7 Å². The molecule has 2 aromatic rings. The lowest BCUT2D eigenvalue weighted by molar-refractivity contribution is 0.899. The van der Waals surface area contributed by atoms with Crippen LogP contribution in [0.25, 0.3) is 11.6 Å². The summed E-state index contributed by atoms with van der Waals surface area (Å²) in [5, 5.41) is 0.546. The van der Waals surface area contributed by atoms with Crippen molar-refractivity contribution < 1.29 is 0 Å². The van der Waals surface area contributed by atoms with E-state index in [1.165, 1.54) is 0 Å². The molecule has 16 heavy (non-hydrogen) atoms. The number of aryl methyl sites for hydroxylation is 1. The van der Waals surface area contributed by atoms with Crippen LogP contribution in [0.5, 0.6) is 0 Å². The SMILES string of the molecule is Clc1nc(-c2ncccn2)nc2c1CCC2. The topological polar surface area (TPSA) is 51.6 Å². The summed E-state index contributed by atoms with van der Waals surface area (Å²) in [5.74, 6) is 1.05. The van der Waals surface area contributed by atoms with Crippen LogP contribution >= 0.6 is 11.6 Å². The van der Waals surface area contributed by atoms with E-state index in [0.29, 0.717) is 16.8 Å². The van der Waals surface area contributed by atoms with Gasteiger partial charge in [0.2, 0.25) is 0 Å². The number of halogens is 1. The Morgan fingerprint density at radius 1 is 1.00 bits per heavy atom. The molecule has 2 heterocycles. The minimum absolute atomic E-state index is 0.520. The minimum Gasteiger partial charge on any atom is -0.234 e. The summed E-state index contributed by atoms with van der Waals surface area (Å²) < 4.78 is 0. The lowest BCUT2D eigenvalue weighted by Gasteiger charge is -2.03. The highest BCUT2D eigenvalue weighted by molar-refractivity contribution is 6.30. The third-order valence-electron chi connectivity index (χ3n) is 2.65. The normalized spacial score (nSPS) is 13.8. The summed E-state index contributed by atoms with van der Waals surface area (Å²) >= 11 is 6.12. The van der Waals surface area contributed by atoms with Crippen molar-refractivity contribution in [2.45, 2.75) is 19.3 Å². The fourth-order valence-corrected chi connectivity index (χ4v) is 2.18. The van der Waals surface area contributed by atoms with E-state index < -0.39 is 0 Å². The second-order valence-corrected chi connectivity index (χ2v) is 4.05. The smallest absolute Gasteiger partial charge is 0.199 e. The number of hydrogen-bond donors (Lipinski definition) is 0. The molecule has 0 saturated carbocycles. The number of hydrogen-bond acceptors (Lipinski definition) is 4. The maximum atomic E-state index is 6.12. The summed E-state index contributed by atoms with van der Waals surface area (Å²) in [6.07, 6.45) is 6.39.